The summed E-state index contributed by atoms with van der Waals surface area (Å²) in [5.74, 6) is 1.57. The number of halogens is 1. The summed E-state index contributed by atoms with van der Waals surface area (Å²) in [6, 6.07) is 16.3. The van der Waals surface area contributed by atoms with Crippen LogP contribution in [0.4, 0.5) is 0 Å². The van der Waals surface area contributed by atoms with Gasteiger partial charge < -0.3 is 10.1 Å². The Balaban J connectivity index is 1.73. The van der Waals surface area contributed by atoms with E-state index in [4.69, 9.17) is 16.3 Å². The Hall–Kier alpha value is -1.51. The van der Waals surface area contributed by atoms with E-state index in [0.29, 0.717) is 5.92 Å². The minimum atomic E-state index is 0.616. The summed E-state index contributed by atoms with van der Waals surface area (Å²) < 4.78 is 6.05. The molecule has 1 saturated heterocycles. The lowest BCUT2D eigenvalue weighted by Crippen LogP contribution is -2.16. The first-order valence-electron chi connectivity index (χ1n) is 7.47. The van der Waals surface area contributed by atoms with E-state index in [2.05, 4.69) is 29.6 Å². The second-order valence-corrected chi connectivity index (χ2v) is 6.02. The molecule has 0 bridgehead atoms. The predicted octanol–water partition coefficient (Wildman–Crippen LogP) is 3.92. The fraction of sp³-hybridized carbons (Fsp3) is 0.333. The van der Waals surface area contributed by atoms with E-state index in [1.165, 1.54) is 12.0 Å². The van der Waals surface area contributed by atoms with Crippen LogP contribution in [0.15, 0.2) is 48.5 Å². The van der Waals surface area contributed by atoms with Gasteiger partial charge in [0.2, 0.25) is 0 Å². The average Bonchev–Trinajstić information content (AvgIpc) is 3.01. The van der Waals surface area contributed by atoms with Gasteiger partial charge in [-0.15, -0.1) is 0 Å². The Morgan fingerprint density at radius 3 is 2.76 bits per heavy atom. The zero-order valence-electron chi connectivity index (χ0n) is 12.0. The molecular formula is C18H20ClNO. The van der Waals surface area contributed by atoms with Gasteiger partial charge in [0, 0.05) is 23.9 Å². The van der Waals surface area contributed by atoms with Crippen molar-refractivity contribution in [2.45, 2.75) is 12.8 Å². The van der Waals surface area contributed by atoms with Gasteiger partial charge >= 0.3 is 0 Å². The Labute approximate surface area is 131 Å². The number of nitrogens with one attached hydrogen (secondary N) is 1. The first-order chi connectivity index (χ1) is 10.3. The molecule has 0 radical (unpaired) electrons. The van der Waals surface area contributed by atoms with Gasteiger partial charge in [-0.3, -0.25) is 0 Å². The second kappa shape index (κ2) is 6.97. The molecule has 110 valence electrons. The molecule has 2 aromatic carbocycles. The lowest BCUT2D eigenvalue weighted by atomic mass is 10.0. The molecule has 1 aliphatic rings. The van der Waals surface area contributed by atoms with E-state index in [1.54, 1.807) is 0 Å². The monoisotopic (exact) mass is 301 g/mol. The van der Waals surface area contributed by atoms with Gasteiger partial charge in [-0.05, 0) is 42.3 Å². The fourth-order valence-electron chi connectivity index (χ4n) is 2.71. The van der Waals surface area contributed by atoms with Crippen molar-refractivity contribution in [1.82, 2.24) is 5.32 Å². The van der Waals surface area contributed by atoms with E-state index in [0.717, 1.165) is 42.5 Å². The Morgan fingerprint density at radius 1 is 1.14 bits per heavy atom. The lowest BCUT2D eigenvalue weighted by molar-refractivity contribution is 0.258. The quantitative estimate of drug-likeness (QED) is 0.904. The molecule has 3 rings (SSSR count). The number of hydrogen-bond acceptors (Lipinski definition) is 2. The highest BCUT2D eigenvalue weighted by Gasteiger charge is 2.16. The van der Waals surface area contributed by atoms with Crippen LogP contribution < -0.4 is 10.1 Å². The van der Waals surface area contributed by atoms with E-state index in [9.17, 15) is 0 Å². The molecule has 3 heteroatoms. The first-order valence-corrected chi connectivity index (χ1v) is 7.85. The minimum Gasteiger partial charge on any atom is -0.493 e. The van der Waals surface area contributed by atoms with Crippen LogP contribution in [0, 0.1) is 5.92 Å². The van der Waals surface area contributed by atoms with Crippen LogP contribution in [0.2, 0.25) is 5.02 Å². The van der Waals surface area contributed by atoms with Crippen molar-refractivity contribution in [3.05, 3.63) is 64.7 Å². The summed E-state index contributed by atoms with van der Waals surface area (Å²) in [5.41, 5.74) is 2.42. The van der Waals surface area contributed by atoms with Gasteiger partial charge in [0.1, 0.15) is 5.75 Å². The molecule has 0 spiro atoms. The highest BCUT2D eigenvalue weighted by molar-refractivity contribution is 6.30. The Morgan fingerprint density at radius 2 is 2.00 bits per heavy atom. The third-order valence-corrected chi connectivity index (χ3v) is 4.13. The second-order valence-electron chi connectivity index (χ2n) is 5.58. The van der Waals surface area contributed by atoms with Crippen molar-refractivity contribution in [1.29, 1.82) is 0 Å². The van der Waals surface area contributed by atoms with Crippen LogP contribution in [0.25, 0.3) is 0 Å². The summed E-state index contributed by atoms with van der Waals surface area (Å²) in [6.07, 6.45) is 2.04. The molecule has 1 N–H and O–H groups in total. The molecule has 0 aliphatic carbocycles. The van der Waals surface area contributed by atoms with Crippen LogP contribution in [0.1, 0.15) is 17.5 Å². The highest BCUT2D eigenvalue weighted by Crippen LogP contribution is 2.26. The molecule has 1 heterocycles. The lowest BCUT2D eigenvalue weighted by Gasteiger charge is -2.15. The van der Waals surface area contributed by atoms with Gasteiger partial charge in [0.15, 0.2) is 0 Å². The molecular weight excluding hydrogens is 282 g/mol. The van der Waals surface area contributed by atoms with Crippen LogP contribution in [-0.2, 0) is 6.42 Å². The van der Waals surface area contributed by atoms with Crippen LogP contribution in [0.3, 0.4) is 0 Å². The predicted molar refractivity (Wildman–Crippen MR) is 87.2 cm³/mol. The van der Waals surface area contributed by atoms with Gasteiger partial charge in [-0.2, -0.15) is 0 Å². The number of ether oxygens (including phenoxy) is 1. The largest absolute Gasteiger partial charge is 0.493 e. The minimum absolute atomic E-state index is 0.616. The van der Waals surface area contributed by atoms with Crippen LogP contribution in [0.5, 0.6) is 5.75 Å². The summed E-state index contributed by atoms with van der Waals surface area (Å²) in [7, 11) is 0. The first kappa shape index (κ1) is 14.4. The molecule has 2 nitrogen and oxygen atoms in total. The van der Waals surface area contributed by atoms with Gasteiger partial charge in [0.25, 0.3) is 0 Å². The maximum atomic E-state index is 6.14. The summed E-state index contributed by atoms with van der Waals surface area (Å²) in [5, 5.41) is 4.13. The maximum absolute atomic E-state index is 6.14. The van der Waals surface area contributed by atoms with E-state index < -0.39 is 0 Å². The zero-order chi connectivity index (χ0) is 14.5. The molecule has 1 aliphatic heterocycles. The average molecular weight is 302 g/mol. The van der Waals surface area contributed by atoms with Crippen molar-refractivity contribution in [2.75, 3.05) is 19.7 Å². The SMILES string of the molecule is Clc1ccc(OC[C@@H]2CCNC2)c(Cc2ccccc2)c1. The third kappa shape index (κ3) is 3.99. The normalized spacial score (nSPS) is 17.9. The zero-order valence-corrected chi connectivity index (χ0v) is 12.8. The number of benzene rings is 2. The number of rotatable bonds is 5. The Bertz CT molecular complexity index is 579. The number of hydrogen-bond donors (Lipinski definition) is 1. The van der Waals surface area contributed by atoms with Crippen molar-refractivity contribution in [3.8, 4) is 5.75 Å². The fourth-order valence-corrected chi connectivity index (χ4v) is 2.90. The topological polar surface area (TPSA) is 21.3 Å². The van der Waals surface area contributed by atoms with Crippen LogP contribution in [-0.4, -0.2) is 19.7 Å². The smallest absolute Gasteiger partial charge is 0.122 e. The molecule has 0 saturated carbocycles. The molecule has 0 unspecified atom stereocenters. The maximum Gasteiger partial charge on any atom is 0.122 e. The summed E-state index contributed by atoms with van der Waals surface area (Å²) >= 11 is 6.14. The third-order valence-electron chi connectivity index (χ3n) is 3.90. The van der Waals surface area contributed by atoms with E-state index in [1.807, 2.05) is 24.3 Å². The highest BCUT2D eigenvalue weighted by atomic mass is 35.5. The van der Waals surface area contributed by atoms with Crippen molar-refractivity contribution >= 4 is 11.6 Å². The Kier molecular flexibility index (Phi) is 4.79. The van der Waals surface area contributed by atoms with Crippen LogP contribution >= 0.6 is 11.6 Å². The van der Waals surface area contributed by atoms with Crippen molar-refractivity contribution < 1.29 is 4.74 Å². The van der Waals surface area contributed by atoms with Gasteiger partial charge in [-0.25, -0.2) is 0 Å². The molecule has 21 heavy (non-hydrogen) atoms. The van der Waals surface area contributed by atoms with Gasteiger partial charge in [-0.1, -0.05) is 41.9 Å². The standard InChI is InChI=1S/C18H20ClNO/c19-17-6-7-18(21-13-15-8-9-20-12-15)16(11-17)10-14-4-2-1-3-5-14/h1-7,11,15,20H,8-10,12-13H2/t15-/m1/s1. The van der Waals surface area contributed by atoms with Crippen molar-refractivity contribution in [2.24, 2.45) is 5.92 Å². The summed E-state index contributed by atoms with van der Waals surface area (Å²) in [4.78, 5) is 0. The molecule has 1 atom stereocenters. The van der Waals surface area contributed by atoms with Crippen molar-refractivity contribution in [3.63, 3.8) is 0 Å². The van der Waals surface area contributed by atoms with E-state index >= 15 is 0 Å². The molecule has 1 fully saturated rings. The van der Waals surface area contributed by atoms with E-state index in [-0.39, 0.29) is 0 Å². The molecule has 2 aromatic rings. The van der Waals surface area contributed by atoms with Gasteiger partial charge in [0.05, 0.1) is 6.61 Å². The summed E-state index contributed by atoms with van der Waals surface area (Å²) in [6.45, 7) is 2.93. The molecule has 0 amide bonds. The molecule has 0 aromatic heterocycles.